The van der Waals surface area contributed by atoms with E-state index in [2.05, 4.69) is 38.3 Å². The maximum atomic E-state index is 11.7. The van der Waals surface area contributed by atoms with Crippen LogP contribution in [0.5, 0.6) is 11.5 Å². The molecule has 0 heterocycles. The summed E-state index contributed by atoms with van der Waals surface area (Å²) < 4.78 is 30.6. The molecule has 0 spiro atoms. The van der Waals surface area contributed by atoms with Gasteiger partial charge in [-0.05, 0) is 58.5 Å². The van der Waals surface area contributed by atoms with Crippen LogP contribution in [0, 0.1) is 0 Å². The molecule has 0 unspecified atom stereocenters. The van der Waals surface area contributed by atoms with Gasteiger partial charge in [0, 0.05) is 14.2 Å². The Kier molecular flexibility index (Phi) is 12.3. The second-order valence-electron chi connectivity index (χ2n) is 8.94. The van der Waals surface area contributed by atoms with Gasteiger partial charge in [-0.15, -0.1) is 0 Å². The molecule has 218 valence electrons. The van der Waals surface area contributed by atoms with Crippen LogP contribution in [0.3, 0.4) is 0 Å². The molecule has 3 aromatic carbocycles. The van der Waals surface area contributed by atoms with Crippen LogP contribution in [-0.4, -0.2) is 39.4 Å². The van der Waals surface area contributed by atoms with Gasteiger partial charge in [-0.3, -0.25) is 0 Å². The Hall–Kier alpha value is -4.92. The Morgan fingerprint density at radius 1 is 0.643 bits per heavy atom. The van der Waals surface area contributed by atoms with Crippen LogP contribution in [0.4, 0.5) is 0 Å². The summed E-state index contributed by atoms with van der Waals surface area (Å²) in [6.45, 7) is 9.49. The van der Waals surface area contributed by atoms with E-state index in [9.17, 15) is 9.59 Å². The van der Waals surface area contributed by atoms with E-state index in [1.807, 2.05) is 48.5 Å². The number of benzene rings is 3. The van der Waals surface area contributed by atoms with Crippen molar-refractivity contribution in [1.29, 1.82) is 0 Å². The number of esters is 2. The van der Waals surface area contributed by atoms with Crippen LogP contribution in [0.25, 0.3) is 22.3 Å². The fourth-order valence-electron chi connectivity index (χ4n) is 3.81. The van der Waals surface area contributed by atoms with Crippen molar-refractivity contribution in [2.45, 2.75) is 13.3 Å². The van der Waals surface area contributed by atoms with Crippen LogP contribution >= 0.6 is 0 Å². The molecular weight excluding hydrogens is 536 g/mol. The minimum atomic E-state index is -0.579. The molecule has 0 fully saturated rings. The number of hydrogen-bond acceptors (Lipinski definition) is 8. The number of ether oxygens (including phenoxy) is 6. The average molecular weight is 571 g/mol. The molecule has 0 saturated heterocycles. The molecule has 8 heteroatoms. The van der Waals surface area contributed by atoms with Gasteiger partial charge in [-0.2, -0.15) is 0 Å². The van der Waals surface area contributed by atoms with Crippen molar-refractivity contribution in [3.8, 4) is 33.8 Å². The Bertz CT molecular complexity index is 1430. The Morgan fingerprint density at radius 2 is 1.10 bits per heavy atom. The summed E-state index contributed by atoms with van der Waals surface area (Å²) in [6.07, 6.45) is 5.77. The summed E-state index contributed by atoms with van der Waals surface area (Å²) >= 11 is 0. The molecule has 8 nitrogen and oxygen atoms in total. The van der Waals surface area contributed by atoms with Gasteiger partial charge in [-0.1, -0.05) is 62.5 Å². The second kappa shape index (κ2) is 16.4. The van der Waals surface area contributed by atoms with Gasteiger partial charge in [0.05, 0.1) is 24.4 Å². The van der Waals surface area contributed by atoms with Crippen LogP contribution in [0.2, 0.25) is 0 Å². The summed E-state index contributed by atoms with van der Waals surface area (Å²) in [5.74, 6) is 0.0408. The lowest BCUT2D eigenvalue weighted by atomic mass is 9.93. The van der Waals surface area contributed by atoms with Crippen LogP contribution in [0.1, 0.15) is 12.5 Å². The van der Waals surface area contributed by atoms with Crippen molar-refractivity contribution < 1.29 is 38.0 Å². The van der Waals surface area contributed by atoms with E-state index in [1.54, 1.807) is 0 Å². The molecule has 0 aliphatic rings. The second-order valence-corrected chi connectivity index (χ2v) is 8.94. The molecular formula is C34H34O8. The predicted octanol–water partition coefficient (Wildman–Crippen LogP) is 6.77. The average Bonchev–Trinajstić information content (AvgIpc) is 3.01. The van der Waals surface area contributed by atoms with Crippen molar-refractivity contribution >= 4 is 11.9 Å². The van der Waals surface area contributed by atoms with E-state index in [4.69, 9.17) is 28.4 Å². The SMILES string of the molecule is C=C(COC)C(=O)O/C=C\Oc1ccc(-c2ccc(-c3ccc(O/C=C\OC(=O)C(=C)COC)cc3)c(CC)c2)cc1. The molecule has 0 atom stereocenters. The first-order valence-corrected chi connectivity index (χ1v) is 13.1. The van der Waals surface area contributed by atoms with Gasteiger partial charge in [0.2, 0.25) is 0 Å². The number of rotatable bonds is 15. The van der Waals surface area contributed by atoms with E-state index in [1.165, 1.54) is 44.8 Å². The third-order valence-electron chi connectivity index (χ3n) is 5.92. The zero-order valence-corrected chi connectivity index (χ0v) is 24.0. The maximum Gasteiger partial charge on any atom is 0.340 e. The molecule has 0 radical (unpaired) electrons. The molecule has 0 N–H and O–H groups in total. The molecule has 0 aliphatic carbocycles. The van der Waals surface area contributed by atoms with E-state index in [0.29, 0.717) is 11.5 Å². The van der Waals surface area contributed by atoms with Gasteiger partial charge < -0.3 is 28.4 Å². The molecule has 0 bridgehead atoms. The highest BCUT2D eigenvalue weighted by Gasteiger charge is 2.09. The van der Waals surface area contributed by atoms with Gasteiger partial charge in [-0.25, -0.2) is 9.59 Å². The summed E-state index contributed by atoms with van der Waals surface area (Å²) in [5, 5.41) is 0. The third-order valence-corrected chi connectivity index (χ3v) is 5.92. The lowest BCUT2D eigenvalue weighted by Gasteiger charge is -2.12. The molecule has 0 saturated carbocycles. The maximum absolute atomic E-state index is 11.7. The number of aryl methyl sites for hydroxylation is 1. The van der Waals surface area contributed by atoms with Crippen molar-refractivity contribution in [3.63, 3.8) is 0 Å². The summed E-state index contributed by atoms with van der Waals surface area (Å²) in [4.78, 5) is 23.4. The Labute approximate surface area is 246 Å². The monoisotopic (exact) mass is 570 g/mol. The van der Waals surface area contributed by atoms with Crippen molar-refractivity contribution in [1.82, 2.24) is 0 Å². The first-order chi connectivity index (χ1) is 20.4. The lowest BCUT2D eigenvalue weighted by molar-refractivity contribution is -0.135. The Morgan fingerprint density at radius 3 is 1.55 bits per heavy atom. The first kappa shape index (κ1) is 31.6. The zero-order chi connectivity index (χ0) is 30.3. The minimum absolute atomic E-state index is 0.101. The summed E-state index contributed by atoms with van der Waals surface area (Å²) in [6, 6.07) is 21.6. The topological polar surface area (TPSA) is 89.5 Å². The van der Waals surface area contributed by atoms with Gasteiger partial charge in [0.1, 0.15) is 36.5 Å². The molecule has 0 amide bonds. The summed E-state index contributed by atoms with van der Waals surface area (Å²) in [7, 11) is 2.95. The van der Waals surface area contributed by atoms with Gasteiger partial charge in [0.25, 0.3) is 0 Å². The lowest BCUT2D eigenvalue weighted by Crippen LogP contribution is -2.07. The third kappa shape index (κ3) is 9.33. The predicted molar refractivity (Wildman–Crippen MR) is 160 cm³/mol. The van der Waals surface area contributed by atoms with Crippen molar-refractivity contribution in [2.75, 3.05) is 27.4 Å². The van der Waals surface area contributed by atoms with E-state index in [-0.39, 0.29) is 24.4 Å². The normalized spacial score (nSPS) is 10.9. The van der Waals surface area contributed by atoms with Gasteiger partial charge >= 0.3 is 11.9 Å². The van der Waals surface area contributed by atoms with E-state index in [0.717, 1.165) is 28.7 Å². The van der Waals surface area contributed by atoms with Gasteiger partial charge in [0.15, 0.2) is 0 Å². The molecule has 3 rings (SSSR count). The fourth-order valence-corrected chi connectivity index (χ4v) is 3.81. The standard InChI is InChI=1S/C34H34O8/c1-6-26-21-29(27-7-12-30(13-8-27)39-17-19-41-33(35)24(2)22-37-4)11-16-32(26)28-9-14-31(15-10-28)40-18-20-42-34(36)25(3)23-38-5/h7-21H,2-3,6,22-23H2,1,4-5H3/b19-17-,20-18-. The molecule has 3 aromatic rings. The largest absolute Gasteiger partial charge is 0.462 e. The van der Waals surface area contributed by atoms with Crippen molar-refractivity contribution in [2.24, 2.45) is 0 Å². The van der Waals surface area contributed by atoms with E-state index >= 15 is 0 Å². The number of carbonyl (C=O) groups excluding carboxylic acids is 2. The highest BCUT2D eigenvalue weighted by molar-refractivity contribution is 5.88. The molecule has 0 aliphatic heterocycles. The highest BCUT2D eigenvalue weighted by atomic mass is 16.6. The van der Waals surface area contributed by atoms with Crippen LogP contribution in [0.15, 0.2) is 116 Å². The quantitative estimate of drug-likeness (QED) is 0.112. The number of hydrogen-bond donors (Lipinski definition) is 0. The summed E-state index contributed by atoms with van der Waals surface area (Å²) in [5.41, 5.74) is 5.93. The molecule has 0 aromatic heterocycles. The fraction of sp³-hybridized carbons (Fsp3) is 0.176. The van der Waals surface area contributed by atoms with Crippen molar-refractivity contribution in [3.05, 3.63) is 122 Å². The zero-order valence-electron chi connectivity index (χ0n) is 24.0. The molecule has 42 heavy (non-hydrogen) atoms. The smallest absolute Gasteiger partial charge is 0.340 e. The number of methoxy groups -OCH3 is 2. The first-order valence-electron chi connectivity index (χ1n) is 13.1. The van der Waals surface area contributed by atoms with Crippen LogP contribution in [-0.2, 0) is 35.0 Å². The van der Waals surface area contributed by atoms with Crippen LogP contribution < -0.4 is 9.47 Å². The van der Waals surface area contributed by atoms with E-state index < -0.39 is 11.9 Å². The minimum Gasteiger partial charge on any atom is -0.462 e. The Balaban J connectivity index is 1.59. The number of carbonyl (C=O) groups is 2. The highest BCUT2D eigenvalue weighted by Crippen LogP contribution is 2.31.